The van der Waals surface area contributed by atoms with Crippen molar-refractivity contribution >= 4 is 28.3 Å². The van der Waals surface area contributed by atoms with Crippen LogP contribution in [0.15, 0.2) is 21.8 Å². The molecular formula is C14H22N2S2. The summed E-state index contributed by atoms with van der Waals surface area (Å²) in [5.41, 5.74) is 1.61. The van der Waals surface area contributed by atoms with Crippen molar-refractivity contribution in [3.05, 3.63) is 22.4 Å². The lowest BCUT2D eigenvalue weighted by Gasteiger charge is -2.31. The highest BCUT2D eigenvalue weighted by Gasteiger charge is 2.27. The summed E-state index contributed by atoms with van der Waals surface area (Å²) in [7, 11) is 0. The molecule has 1 aromatic heterocycles. The third kappa shape index (κ3) is 3.51. The van der Waals surface area contributed by atoms with Gasteiger partial charge in [0.2, 0.25) is 0 Å². The molecule has 0 aliphatic carbocycles. The molecule has 0 spiro atoms. The lowest BCUT2D eigenvalue weighted by Crippen LogP contribution is -2.34. The van der Waals surface area contributed by atoms with E-state index in [4.69, 9.17) is 4.99 Å². The van der Waals surface area contributed by atoms with Crippen LogP contribution in [0.4, 0.5) is 0 Å². The average molecular weight is 282 g/mol. The van der Waals surface area contributed by atoms with E-state index in [1.807, 2.05) is 11.8 Å². The fraction of sp³-hybridized carbons (Fsp3) is 0.643. The largest absolute Gasteiger partial charge is 0.358 e. The molecule has 18 heavy (non-hydrogen) atoms. The number of nitrogens with one attached hydrogen (secondary N) is 1. The Labute approximate surface area is 118 Å². The summed E-state index contributed by atoms with van der Waals surface area (Å²) >= 11 is 3.60. The van der Waals surface area contributed by atoms with Crippen LogP contribution in [0.5, 0.6) is 0 Å². The molecular weight excluding hydrogens is 260 g/mol. The van der Waals surface area contributed by atoms with Gasteiger partial charge in [-0.15, -0.1) is 0 Å². The number of rotatable bonds is 2. The van der Waals surface area contributed by atoms with Crippen LogP contribution in [0.1, 0.15) is 45.7 Å². The topological polar surface area (TPSA) is 24.4 Å². The van der Waals surface area contributed by atoms with E-state index in [1.54, 1.807) is 11.3 Å². The smallest absolute Gasteiger partial charge is 0.157 e. The Morgan fingerprint density at radius 2 is 2.22 bits per heavy atom. The van der Waals surface area contributed by atoms with Crippen LogP contribution in [0.2, 0.25) is 0 Å². The Morgan fingerprint density at radius 1 is 1.44 bits per heavy atom. The van der Waals surface area contributed by atoms with E-state index in [0.717, 1.165) is 5.17 Å². The second kappa shape index (κ2) is 5.66. The zero-order chi connectivity index (χ0) is 13.2. The number of hydrogen-bond acceptors (Lipinski definition) is 4. The quantitative estimate of drug-likeness (QED) is 0.874. The number of thiophene rings is 1. The molecule has 2 heterocycles. The summed E-state index contributed by atoms with van der Waals surface area (Å²) in [5.74, 6) is 1.17. The maximum atomic E-state index is 4.87. The molecule has 4 heteroatoms. The molecule has 2 rings (SSSR count). The molecule has 0 fully saturated rings. The van der Waals surface area contributed by atoms with Gasteiger partial charge in [-0.1, -0.05) is 32.5 Å². The van der Waals surface area contributed by atoms with Crippen molar-refractivity contribution in [2.45, 2.75) is 46.2 Å². The van der Waals surface area contributed by atoms with E-state index in [-0.39, 0.29) is 5.41 Å². The minimum Gasteiger partial charge on any atom is -0.358 e. The van der Waals surface area contributed by atoms with E-state index in [0.29, 0.717) is 12.1 Å². The Morgan fingerprint density at radius 3 is 2.83 bits per heavy atom. The van der Waals surface area contributed by atoms with Gasteiger partial charge >= 0.3 is 0 Å². The van der Waals surface area contributed by atoms with E-state index in [9.17, 15) is 0 Å². The number of aliphatic imine (C=N–C) groups is 1. The Kier molecular flexibility index (Phi) is 4.38. The van der Waals surface area contributed by atoms with Crippen LogP contribution in [0, 0.1) is 5.41 Å². The first kappa shape index (κ1) is 13.9. The van der Waals surface area contributed by atoms with Gasteiger partial charge in [0, 0.05) is 5.75 Å². The second-order valence-corrected chi connectivity index (χ2v) is 7.74. The molecule has 0 aromatic carbocycles. The van der Waals surface area contributed by atoms with Crippen LogP contribution < -0.4 is 5.32 Å². The van der Waals surface area contributed by atoms with Gasteiger partial charge in [0.25, 0.3) is 0 Å². The van der Waals surface area contributed by atoms with E-state index in [1.165, 1.54) is 17.7 Å². The molecule has 0 saturated heterocycles. The summed E-state index contributed by atoms with van der Waals surface area (Å²) in [4.78, 5) is 4.87. The zero-order valence-electron chi connectivity index (χ0n) is 11.6. The summed E-state index contributed by atoms with van der Waals surface area (Å²) in [5, 5.41) is 8.98. The van der Waals surface area contributed by atoms with Gasteiger partial charge in [0.1, 0.15) is 0 Å². The van der Waals surface area contributed by atoms with E-state index in [2.05, 4.69) is 49.8 Å². The van der Waals surface area contributed by atoms with Gasteiger partial charge in [-0.2, -0.15) is 11.3 Å². The minimum atomic E-state index is 0.263. The molecule has 1 aromatic rings. The summed E-state index contributed by atoms with van der Waals surface area (Å²) in [6, 6.07) is 2.97. The molecule has 0 saturated carbocycles. The van der Waals surface area contributed by atoms with Crippen molar-refractivity contribution in [1.29, 1.82) is 0 Å². The fourth-order valence-corrected chi connectivity index (χ4v) is 3.76. The first-order valence-electron chi connectivity index (χ1n) is 6.46. The lowest BCUT2D eigenvalue weighted by atomic mass is 9.85. The van der Waals surface area contributed by atoms with E-state index >= 15 is 0 Å². The molecule has 2 nitrogen and oxygen atoms in total. The van der Waals surface area contributed by atoms with Crippen molar-refractivity contribution < 1.29 is 0 Å². The highest BCUT2D eigenvalue weighted by Crippen LogP contribution is 2.30. The summed E-state index contributed by atoms with van der Waals surface area (Å²) < 4.78 is 0. The summed E-state index contributed by atoms with van der Waals surface area (Å²) in [6.45, 7) is 9.02. The van der Waals surface area contributed by atoms with Gasteiger partial charge in [-0.25, -0.2) is 0 Å². The van der Waals surface area contributed by atoms with Gasteiger partial charge in [0.05, 0.1) is 12.1 Å². The van der Waals surface area contributed by atoms with Gasteiger partial charge < -0.3 is 5.32 Å². The summed E-state index contributed by atoms with van der Waals surface area (Å²) in [6.07, 6.45) is 1.19. The molecule has 0 radical (unpaired) electrons. The number of nitrogens with zero attached hydrogens (tertiary/aromatic N) is 1. The van der Waals surface area contributed by atoms with Crippen LogP contribution in [0.25, 0.3) is 0 Å². The number of hydrogen-bond donors (Lipinski definition) is 1. The predicted octanol–water partition coefficient (Wildman–Crippen LogP) is 4.31. The monoisotopic (exact) mass is 282 g/mol. The molecule has 2 unspecified atom stereocenters. The van der Waals surface area contributed by atoms with Crippen LogP contribution >= 0.6 is 23.1 Å². The Balaban J connectivity index is 2.03. The second-order valence-electron chi connectivity index (χ2n) is 5.88. The number of amidine groups is 1. The molecule has 1 aliphatic heterocycles. The average Bonchev–Trinajstić information content (AvgIpc) is 2.81. The third-order valence-electron chi connectivity index (χ3n) is 3.29. The van der Waals surface area contributed by atoms with Crippen molar-refractivity contribution in [3.8, 4) is 0 Å². The maximum Gasteiger partial charge on any atom is 0.157 e. The normalized spacial score (nSPS) is 22.4. The van der Waals surface area contributed by atoms with Gasteiger partial charge in [-0.05, 0) is 41.1 Å². The van der Waals surface area contributed by atoms with Gasteiger partial charge in [-0.3, -0.25) is 4.99 Å². The molecule has 100 valence electrons. The lowest BCUT2D eigenvalue weighted by molar-refractivity contribution is 0.315. The Hall–Kier alpha value is -0.480. The highest BCUT2D eigenvalue weighted by molar-refractivity contribution is 8.13. The van der Waals surface area contributed by atoms with Crippen molar-refractivity contribution in [1.82, 2.24) is 5.32 Å². The zero-order valence-corrected chi connectivity index (χ0v) is 13.2. The molecule has 0 bridgehead atoms. The highest BCUT2D eigenvalue weighted by atomic mass is 32.2. The van der Waals surface area contributed by atoms with E-state index < -0.39 is 0 Å². The standard InChI is InChI=1S/C14H22N2S2/c1-10(11-5-7-17-9-11)15-13-16-12(6-8-18-13)14(2,3)4/h5,7,9-10,12H,6,8H2,1-4H3,(H,15,16). The fourth-order valence-electron chi connectivity index (χ4n) is 2.01. The van der Waals surface area contributed by atoms with Gasteiger partial charge in [0.15, 0.2) is 5.17 Å². The molecule has 1 aliphatic rings. The molecule has 2 atom stereocenters. The SMILES string of the molecule is CC(NC1=NC(C(C)(C)C)CCS1)c1ccsc1. The molecule has 0 amide bonds. The molecule has 1 N–H and O–H groups in total. The maximum absolute atomic E-state index is 4.87. The van der Waals surface area contributed by atoms with Crippen molar-refractivity contribution in [2.24, 2.45) is 10.4 Å². The van der Waals surface area contributed by atoms with Crippen molar-refractivity contribution in [3.63, 3.8) is 0 Å². The first-order valence-corrected chi connectivity index (χ1v) is 8.39. The first-order chi connectivity index (χ1) is 8.47. The van der Waals surface area contributed by atoms with Crippen molar-refractivity contribution in [2.75, 3.05) is 5.75 Å². The van der Waals surface area contributed by atoms with Crippen LogP contribution in [-0.2, 0) is 0 Å². The number of thioether (sulfide) groups is 1. The Bertz CT molecular complexity index is 404. The van der Waals surface area contributed by atoms with Crippen LogP contribution in [0.3, 0.4) is 0 Å². The predicted molar refractivity (Wildman–Crippen MR) is 83.6 cm³/mol. The van der Waals surface area contributed by atoms with Crippen LogP contribution in [-0.4, -0.2) is 17.0 Å². The third-order valence-corrected chi connectivity index (χ3v) is 4.92. The minimum absolute atomic E-state index is 0.263.